The maximum atomic E-state index is 12.1. The number of ether oxygens (including phenoxy) is 1. The van der Waals surface area contributed by atoms with Crippen molar-refractivity contribution in [1.82, 2.24) is 19.9 Å². The molecule has 0 radical (unpaired) electrons. The molecule has 2 aliphatic carbocycles. The summed E-state index contributed by atoms with van der Waals surface area (Å²) in [5.74, 6) is 1.56. The Bertz CT molecular complexity index is 1250. The van der Waals surface area contributed by atoms with Gasteiger partial charge in [-0.1, -0.05) is 12.1 Å². The van der Waals surface area contributed by atoms with Crippen LogP contribution in [0.1, 0.15) is 43.7 Å². The second kappa shape index (κ2) is 7.01. The third kappa shape index (κ3) is 3.09. The lowest BCUT2D eigenvalue weighted by molar-refractivity contribution is -0.130. The second-order valence-corrected chi connectivity index (χ2v) is 9.56. The van der Waals surface area contributed by atoms with E-state index in [1.165, 1.54) is 29.7 Å². The third-order valence-electron chi connectivity index (χ3n) is 7.69. The van der Waals surface area contributed by atoms with Crippen LogP contribution in [-0.2, 0) is 15.7 Å². The fourth-order valence-electron chi connectivity index (χ4n) is 5.25. The Morgan fingerprint density at radius 2 is 1.82 bits per heavy atom. The molecule has 33 heavy (non-hydrogen) atoms. The Balaban J connectivity index is 1.35. The molecule has 3 aliphatic rings. The van der Waals surface area contributed by atoms with E-state index in [1.54, 1.807) is 20.2 Å². The summed E-state index contributed by atoms with van der Waals surface area (Å²) in [7, 11) is 3.56. The molecular formula is C26H27N5O2. The number of hydrogen-bond donors (Lipinski definition) is 0. The predicted molar refractivity (Wildman–Crippen MR) is 126 cm³/mol. The van der Waals surface area contributed by atoms with E-state index in [-0.39, 0.29) is 16.9 Å². The molecule has 1 spiro atoms. The van der Waals surface area contributed by atoms with Crippen molar-refractivity contribution in [2.75, 3.05) is 25.6 Å². The molecule has 6 rings (SSSR count). The highest BCUT2D eigenvalue weighted by Crippen LogP contribution is 2.59. The second-order valence-electron chi connectivity index (χ2n) is 9.56. The number of nitrogens with zero attached hydrogens (tertiary/aromatic N) is 5. The minimum Gasteiger partial charge on any atom is -0.497 e. The third-order valence-corrected chi connectivity index (χ3v) is 7.69. The molecule has 1 aliphatic heterocycles. The van der Waals surface area contributed by atoms with Gasteiger partial charge in [0.2, 0.25) is 11.9 Å². The van der Waals surface area contributed by atoms with Gasteiger partial charge in [-0.15, -0.1) is 0 Å². The van der Waals surface area contributed by atoms with Gasteiger partial charge in [0.15, 0.2) is 0 Å². The molecule has 0 atom stereocenters. The van der Waals surface area contributed by atoms with Crippen LogP contribution in [0.15, 0.2) is 48.9 Å². The molecule has 0 saturated heterocycles. The summed E-state index contributed by atoms with van der Waals surface area (Å²) in [5.41, 5.74) is 5.45. The zero-order chi connectivity index (χ0) is 22.8. The van der Waals surface area contributed by atoms with Gasteiger partial charge in [0.1, 0.15) is 5.75 Å². The smallest absolute Gasteiger partial charge is 0.229 e. The van der Waals surface area contributed by atoms with Crippen molar-refractivity contribution in [3.8, 4) is 17.0 Å². The molecule has 168 valence electrons. The number of benzene rings is 1. The van der Waals surface area contributed by atoms with Crippen LogP contribution in [0.2, 0.25) is 0 Å². The maximum absolute atomic E-state index is 12.1. The Labute approximate surface area is 193 Å². The van der Waals surface area contributed by atoms with E-state index >= 15 is 0 Å². The summed E-state index contributed by atoms with van der Waals surface area (Å²) in [6.07, 6.45) is 9.79. The summed E-state index contributed by atoms with van der Waals surface area (Å²) in [4.78, 5) is 30.1. The van der Waals surface area contributed by atoms with Gasteiger partial charge >= 0.3 is 0 Å². The van der Waals surface area contributed by atoms with E-state index < -0.39 is 0 Å². The van der Waals surface area contributed by atoms with Crippen molar-refractivity contribution in [2.45, 2.75) is 43.6 Å². The quantitative estimate of drug-likeness (QED) is 0.591. The average molecular weight is 442 g/mol. The van der Waals surface area contributed by atoms with Crippen LogP contribution in [-0.4, -0.2) is 46.5 Å². The normalized spacial score (nSPS) is 18.7. The fraction of sp³-hybridized carbons (Fsp3) is 0.385. The summed E-state index contributed by atoms with van der Waals surface area (Å²) in [5, 5.41) is 0. The lowest BCUT2D eigenvalue weighted by atomic mass is 9.94. The van der Waals surface area contributed by atoms with Crippen LogP contribution >= 0.6 is 0 Å². The Hall–Kier alpha value is -3.48. The van der Waals surface area contributed by atoms with Gasteiger partial charge in [-0.05, 0) is 48.9 Å². The van der Waals surface area contributed by atoms with Crippen LogP contribution in [0, 0.1) is 0 Å². The molecule has 7 heteroatoms. The SMILES string of the molecule is COc1ccnc(-c2cnc(N3CC4(CC4)c4ccc(C5(N(C)C(C)=O)CC5)cc43)nc2)c1. The van der Waals surface area contributed by atoms with Gasteiger partial charge in [-0.2, -0.15) is 0 Å². The summed E-state index contributed by atoms with van der Waals surface area (Å²) in [6.45, 7) is 2.55. The molecule has 2 saturated carbocycles. The molecule has 0 bridgehead atoms. The predicted octanol–water partition coefficient (Wildman–Crippen LogP) is 4.20. The number of rotatable bonds is 5. The first-order valence-corrected chi connectivity index (χ1v) is 11.5. The first-order valence-electron chi connectivity index (χ1n) is 11.5. The molecule has 2 fully saturated rings. The van der Waals surface area contributed by atoms with Crippen LogP contribution < -0.4 is 9.64 Å². The van der Waals surface area contributed by atoms with Crippen molar-refractivity contribution >= 4 is 17.5 Å². The molecule has 0 unspecified atom stereocenters. The number of fused-ring (bicyclic) bond motifs is 2. The lowest BCUT2D eigenvalue weighted by Crippen LogP contribution is -2.35. The molecular weight excluding hydrogens is 414 g/mol. The van der Waals surface area contributed by atoms with Crippen molar-refractivity contribution in [1.29, 1.82) is 0 Å². The number of carbonyl (C=O) groups excluding carboxylic acids is 1. The molecule has 3 heterocycles. The largest absolute Gasteiger partial charge is 0.497 e. The number of methoxy groups -OCH3 is 1. The Morgan fingerprint density at radius 1 is 1.06 bits per heavy atom. The van der Waals surface area contributed by atoms with E-state index in [4.69, 9.17) is 14.7 Å². The standard InChI is InChI=1S/C26H27N5O2/c1-17(32)30(2)26(9-10-26)19-4-5-21-23(12-19)31(16-25(21)7-8-25)24-28-14-18(15-29-24)22-13-20(33-3)6-11-27-22/h4-6,11-15H,7-10,16H2,1-3H3. The number of amides is 1. The molecule has 3 aromatic rings. The maximum Gasteiger partial charge on any atom is 0.229 e. The summed E-state index contributed by atoms with van der Waals surface area (Å²) in [6, 6.07) is 10.5. The van der Waals surface area contributed by atoms with Crippen molar-refractivity contribution in [2.24, 2.45) is 0 Å². The topological polar surface area (TPSA) is 71.5 Å². The first-order chi connectivity index (χ1) is 16.0. The van der Waals surface area contributed by atoms with E-state index in [1.807, 2.05) is 36.5 Å². The Morgan fingerprint density at radius 3 is 2.45 bits per heavy atom. The summed E-state index contributed by atoms with van der Waals surface area (Å²) < 4.78 is 5.31. The van der Waals surface area contributed by atoms with Gasteiger partial charge in [-0.25, -0.2) is 9.97 Å². The number of hydrogen-bond acceptors (Lipinski definition) is 6. The highest BCUT2D eigenvalue weighted by molar-refractivity contribution is 5.76. The number of carbonyl (C=O) groups is 1. The molecule has 1 amide bonds. The highest BCUT2D eigenvalue weighted by atomic mass is 16.5. The van der Waals surface area contributed by atoms with Crippen molar-refractivity contribution in [3.63, 3.8) is 0 Å². The molecule has 7 nitrogen and oxygen atoms in total. The van der Waals surface area contributed by atoms with E-state index in [2.05, 4.69) is 28.1 Å². The van der Waals surface area contributed by atoms with Gasteiger partial charge in [0, 0.05) is 61.8 Å². The van der Waals surface area contributed by atoms with Gasteiger partial charge in [0.25, 0.3) is 0 Å². The zero-order valence-electron chi connectivity index (χ0n) is 19.2. The first kappa shape index (κ1) is 20.1. The monoisotopic (exact) mass is 441 g/mol. The zero-order valence-corrected chi connectivity index (χ0v) is 19.2. The van der Waals surface area contributed by atoms with Gasteiger partial charge in [-0.3, -0.25) is 9.78 Å². The molecule has 0 N–H and O–H groups in total. The van der Waals surface area contributed by atoms with Crippen LogP contribution in [0.25, 0.3) is 11.3 Å². The Kier molecular flexibility index (Phi) is 4.28. The highest BCUT2D eigenvalue weighted by Gasteiger charge is 2.54. The lowest BCUT2D eigenvalue weighted by Gasteiger charge is -2.28. The number of aromatic nitrogens is 3. The van der Waals surface area contributed by atoms with Crippen LogP contribution in [0.4, 0.5) is 11.6 Å². The molecule has 2 aromatic heterocycles. The van der Waals surface area contributed by atoms with Gasteiger partial charge in [0.05, 0.1) is 18.3 Å². The van der Waals surface area contributed by atoms with Crippen LogP contribution in [0.3, 0.4) is 0 Å². The van der Waals surface area contributed by atoms with E-state index in [0.717, 1.165) is 36.4 Å². The summed E-state index contributed by atoms with van der Waals surface area (Å²) >= 11 is 0. The van der Waals surface area contributed by atoms with Gasteiger partial charge < -0.3 is 14.5 Å². The van der Waals surface area contributed by atoms with Crippen LogP contribution in [0.5, 0.6) is 5.75 Å². The van der Waals surface area contributed by atoms with Crippen molar-refractivity contribution < 1.29 is 9.53 Å². The molecule has 1 aromatic carbocycles. The number of anilines is 2. The van der Waals surface area contributed by atoms with E-state index in [9.17, 15) is 4.79 Å². The average Bonchev–Trinajstić information content (AvgIpc) is 3.77. The minimum atomic E-state index is -0.172. The minimum absolute atomic E-state index is 0.105. The van der Waals surface area contributed by atoms with Crippen molar-refractivity contribution in [3.05, 3.63) is 60.0 Å². The number of pyridine rings is 1. The fourth-order valence-corrected chi connectivity index (χ4v) is 5.25. The van der Waals surface area contributed by atoms with E-state index in [0.29, 0.717) is 5.95 Å².